The molecule has 0 amide bonds. The smallest absolute Gasteiger partial charge is 0.175 e. The highest BCUT2D eigenvalue weighted by Crippen LogP contribution is 2.22. The molecule has 3 N–H and O–H groups in total. The van der Waals surface area contributed by atoms with Gasteiger partial charge < -0.3 is 15.7 Å². The Hall–Kier alpha value is -2.18. The van der Waals surface area contributed by atoms with E-state index in [1.54, 1.807) is 24.3 Å². The molecule has 0 spiro atoms. The van der Waals surface area contributed by atoms with E-state index in [1.807, 2.05) is 24.4 Å². The number of rotatable bonds is 2. The van der Waals surface area contributed by atoms with Crippen molar-refractivity contribution in [2.24, 2.45) is 0 Å². The van der Waals surface area contributed by atoms with Gasteiger partial charge >= 0.3 is 0 Å². The number of nitrogens with zero attached hydrogens (tertiary/aromatic N) is 1. The van der Waals surface area contributed by atoms with Crippen LogP contribution in [0.25, 0.3) is 10.1 Å². The van der Waals surface area contributed by atoms with E-state index in [2.05, 4.69) is 15.0 Å². The second-order valence-electron chi connectivity index (χ2n) is 4.20. The van der Waals surface area contributed by atoms with E-state index in [-0.39, 0.29) is 5.75 Å². The molecule has 0 saturated carbocycles. The summed E-state index contributed by atoms with van der Waals surface area (Å²) in [5.74, 6) is 0.227. The molecule has 4 nitrogen and oxygen atoms in total. The molecular formula is C14H11N3OS2. The number of nitrogens with one attached hydrogen (secondary N) is 2. The van der Waals surface area contributed by atoms with Crippen LogP contribution in [0, 0.1) is 0 Å². The zero-order valence-corrected chi connectivity index (χ0v) is 12.0. The van der Waals surface area contributed by atoms with Gasteiger partial charge in [-0.2, -0.15) is 4.37 Å². The summed E-state index contributed by atoms with van der Waals surface area (Å²) in [4.78, 5) is 0. The first-order valence-corrected chi connectivity index (χ1v) is 7.10. The average Bonchev–Trinajstić information content (AvgIpc) is 2.89. The van der Waals surface area contributed by atoms with Gasteiger partial charge in [0.2, 0.25) is 0 Å². The number of phenols is 1. The molecule has 0 bridgehead atoms. The third kappa shape index (κ3) is 2.87. The minimum absolute atomic E-state index is 0.227. The second-order valence-corrected chi connectivity index (χ2v) is 5.45. The van der Waals surface area contributed by atoms with Gasteiger partial charge in [0.05, 0.1) is 4.70 Å². The molecule has 0 saturated heterocycles. The fourth-order valence-corrected chi connectivity index (χ4v) is 2.70. The molecule has 6 heteroatoms. The molecule has 0 aliphatic heterocycles. The predicted octanol–water partition coefficient (Wildman–Crippen LogP) is 3.81. The zero-order chi connectivity index (χ0) is 13.9. The molecule has 100 valence electrons. The van der Waals surface area contributed by atoms with Gasteiger partial charge in [0.15, 0.2) is 5.11 Å². The van der Waals surface area contributed by atoms with Crippen LogP contribution in [0.1, 0.15) is 0 Å². The lowest BCUT2D eigenvalue weighted by Crippen LogP contribution is -2.18. The van der Waals surface area contributed by atoms with E-state index >= 15 is 0 Å². The van der Waals surface area contributed by atoms with Crippen LogP contribution in [0.4, 0.5) is 11.4 Å². The number of aromatic nitrogens is 1. The average molecular weight is 301 g/mol. The maximum atomic E-state index is 9.23. The lowest BCUT2D eigenvalue weighted by molar-refractivity contribution is 0.475. The number of anilines is 2. The van der Waals surface area contributed by atoms with Crippen molar-refractivity contribution in [1.29, 1.82) is 0 Å². The minimum atomic E-state index is 0.227. The number of hydrogen-bond donors (Lipinski definition) is 3. The van der Waals surface area contributed by atoms with Crippen LogP contribution < -0.4 is 10.6 Å². The van der Waals surface area contributed by atoms with Gasteiger partial charge in [-0.3, -0.25) is 0 Å². The first-order valence-electron chi connectivity index (χ1n) is 5.92. The lowest BCUT2D eigenvalue weighted by atomic mass is 10.2. The normalized spacial score (nSPS) is 10.4. The first-order chi connectivity index (χ1) is 9.70. The highest BCUT2D eigenvalue weighted by molar-refractivity contribution is 7.80. The molecule has 0 fully saturated rings. The molecule has 3 rings (SSSR count). The molecule has 0 atom stereocenters. The van der Waals surface area contributed by atoms with Crippen LogP contribution in [-0.2, 0) is 0 Å². The van der Waals surface area contributed by atoms with Crippen LogP contribution in [0.2, 0.25) is 0 Å². The van der Waals surface area contributed by atoms with Crippen molar-refractivity contribution in [2.75, 3.05) is 10.6 Å². The molecule has 0 unspecified atom stereocenters. The van der Waals surface area contributed by atoms with E-state index in [9.17, 15) is 5.11 Å². The van der Waals surface area contributed by atoms with Gasteiger partial charge in [-0.15, -0.1) is 0 Å². The largest absolute Gasteiger partial charge is 0.508 e. The third-order valence-electron chi connectivity index (χ3n) is 2.74. The van der Waals surface area contributed by atoms with Gasteiger partial charge in [-0.1, -0.05) is 0 Å². The van der Waals surface area contributed by atoms with E-state index in [0.717, 1.165) is 21.5 Å². The van der Waals surface area contributed by atoms with Crippen molar-refractivity contribution in [1.82, 2.24) is 4.37 Å². The molecule has 3 aromatic rings. The molecule has 20 heavy (non-hydrogen) atoms. The number of benzene rings is 2. The minimum Gasteiger partial charge on any atom is -0.508 e. The van der Waals surface area contributed by atoms with E-state index in [1.165, 1.54) is 11.5 Å². The summed E-state index contributed by atoms with van der Waals surface area (Å²) in [5.41, 5.74) is 1.73. The summed E-state index contributed by atoms with van der Waals surface area (Å²) in [5, 5.41) is 17.0. The molecule has 2 aromatic carbocycles. The van der Waals surface area contributed by atoms with Gasteiger partial charge in [-0.25, -0.2) is 0 Å². The molecule has 0 radical (unpaired) electrons. The SMILES string of the molecule is Oc1ccc(NC(=S)Nc2ccc3cnsc3c2)cc1. The summed E-state index contributed by atoms with van der Waals surface area (Å²) in [7, 11) is 0. The molecule has 1 aromatic heterocycles. The number of phenolic OH excluding ortho intramolecular Hbond substituents is 1. The molecular weight excluding hydrogens is 290 g/mol. The summed E-state index contributed by atoms with van der Waals surface area (Å²) in [6.45, 7) is 0. The van der Waals surface area contributed by atoms with E-state index < -0.39 is 0 Å². The van der Waals surface area contributed by atoms with Gasteiger partial charge in [0, 0.05) is 23.0 Å². The number of hydrogen-bond acceptors (Lipinski definition) is 4. The van der Waals surface area contributed by atoms with Crippen LogP contribution in [0.15, 0.2) is 48.7 Å². The van der Waals surface area contributed by atoms with Crippen molar-refractivity contribution in [3.8, 4) is 5.75 Å². The van der Waals surface area contributed by atoms with E-state index in [0.29, 0.717) is 5.11 Å². The van der Waals surface area contributed by atoms with Gasteiger partial charge in [0.25, 0.3) is 0 Å². The summed E-state index contributed by atoms with van der Waals surface area (Å²) >= 11 is 6.71. The van der Waals surface area contributed by atoms with Gasteiger partial charge in [-0.05, 0) is 66.2 Å². The van der Waals surface area contributed by atoms with E-state index in [4.69, 9.17) is 12.2 Å². The Labute approximate surface area is 125 Å². The Morgan fingerprint density at radius 2 is 1.75 bits per heavy atom. The van der Waals surface area contributed by atoms with Crippen molar-refractivity contribution >= 4 is 50.3 Å². The Balaban J connectivity index is 1.70. The fourth-order valence-electron chi connectivity index (χ4n) is 1.78. The van der Waals surface area contributed by atoms with Crippen LogP contribution in [-0.4, -0.2) is 14.6 Å². The highest BCUT2D eigenvalue weighted by Gasteiger charge is 2.02. The Bertz CT molecular complexity index is 752. The quantitative estimate of drug-likeness (QED) is 0.496. The van der Waals surface area contributed by atoms with Crippen molar-refractivity contribution in [2.45, 2.75) is 0 Å². The standard InChI is InChI=1S/C14H11N3OS2/c18-12-5-3-10(4-6-12)16-14(19)17-11-2-1-9-8-15-20-13(9)7-11/h1-8,18H,(H2,16,17,19). The van der Waals surface area contributed by atoms with Crippen LogP contribution in [0.3, 0.4) is 0 Å². The monoisotopic (exact) mass is 301 g/mol. The topological polar surface area (TPSA) is 57.2 Å². The van der Waals surface area contributed by atoms with Crippen LogP contribution >= 0.6 is 23.8 Å². The maximum Gasteiger partial charge on any atom is 0.175 e. The summed E-state index contributed by atoms with van der Waals surface area (Å²) < 4.78 is 5.25. The zero-order valence-electron chi connectivity index (χ0n) is 10.3. The Morgan fingerprint density at radius 1 is 1.05 bits per heavy atom. The maximum absolute atomic E-state index is 9.23. The fraction of sp³-hybridized carbons (Fsp3) is 0. The van der Waals surface area contributed by atoms with Crippen molar-refractivity contribution in [3.63, 3.8) is 0 Å². The molecule has 0 aliphatic carbocycles. The molecule has 1 heterocycles. The Morgan fingerprint density at radius 3 is 2.55 bits per heavy atom. The summed E-state index contributed by atoms with van der Waals surface area (Å²) in [6.07, 6.45) is 1.84. The molecule has 0 aliphatic rings. The summed E-state index contributed by atoms with van der Waals surface area (Å²) in [6, 6.07) is 12.7. The second kappa shape index (κ2) is 5.44. The lowest BCUT2D eigenvalue weighted by Gasteiger charge is -2.10. The van der Waals surface area contributed by atoms with Gasteiger partial charge in [0.1, 0.15) is 5.75 Å². The van der Waals surface area contributed by atoms with Crippen molar-refractivity contribution < 1.29 is 5.11 Å². The highest BCUT2D eigenvalue weighted by atomic mass is 32.1. The Kier molecular flexibility index (Phi) is 3.49. The predicted molar refractivity (Wildman–Crippen MR) is 87.6 cm³/mol. The first kappa shape index (κ1) is 12.8. The third-order valence-corrected chi connectivity index (χ3v) is 3.70. The number of thiocarbonyl (C=S) groups is 1. The van der Waals surface area contributed by atoms with Crippen molar-refractivity contribution in [3.05, 3.63) is 48.7 Å². The number of fused-ring (bicyclic) bond motifs is 1. The number of aromatic hydroxyl groups is 1. The van der Waals surface area contributed by atoms with Crippen LogP contribution in [0.5, 0.6) is 5.75 Å².